The van der Waals surface area contributed by atoms with Gasteiger partial charge in [0.25, 0.3) is 0 Å². The second kappa shape index (κ2) is 12.4. The summed E-state index contributed by atoms with van der Waals surface area (Å²) in [5.74, 6) is 0. The van der Waals surface area contributed by atoms with Crippen LogP contribution in [0.4, 0.5) is 0 Å². The summed E-state index contributed by atoms with van der Waals surface area (Å²) < 4.78 is 0. The van der Waals surface area contributed by atoms with Crippen LogP contribution in [0.15, 0.2) is 60.7 Å². The minimum atomic E-state index is 0. The first-order valence-corrected chi connectivity index (χ1v) is 3.82. The van der Waals surface area contributed by atoms with Gasteiger partial charge in [0, 0.05) is 0 Å². The molecule has 0 aromatic heterocycles. The van der Waals surface area contributed by atoms with Crippen LogP contribution in [0.25, 0.3) is 0 Å². The van der Waals surface area contributed by atoms with Crippen molar-refractivity contribution >= 4 is 0 Å². The van der Waals surface area contributed by atoms with E-state index in [-0.39, 0.29) is 31.9 Å². The van der Waals surface area contributed by atoms with Crippen LogP contribution in [0, 0.1) is 12.1 Å². The van der Waals surface area contributed by atoms with Crippen LogP contribution < -0.4 is 12.4 Å². The van der Waals surface area contributed by atoms with Crippen molar-refractivity contribution in [2.24, 2.45) is 0 Å². The summed E-state index contributed by atoms with van der Waals surface area (Å²) in [5, 5.41) is 0. The molecule has 0 bridgehead atoms. The average molecular weight is 255 g/mol. The van der Waals surface area contributed by atoms with E-state index >= 15 is 0 Å². The molecule has 2 heteroatoms. The third kappa shape index (κ3) is 9.44. The second-order valence-corrected chi connectivity index (χ2v) is 2.15. The van der Waals surface area contributed by atoms with Gasteiger partial charge in [0.05, 0.1) is 0 Å². The van der Waals surface area contributed by atoms with E-state index in [1.807, 2.05) is 60.7 Å². The van der Waals surface area contributed by atoms with Gasteiger partial charge in [-0.2, -0.15) is 72.8 Å². The zero-order chi connectivity index (χ0) is 8.49. The number of benzene rings is 2. The molecule has 2 aromatic carbocycles. The first kappa shape index (κ1) is 15.8. The van der Waals surface area contributed by atoms with Crippen molar-refractivity contribution in [3.05, 3.63) is 72.8 Å². The Morgan fingerprint density at radius 1 is 0.500 bits per heavy atom. The normalized spacial score (nSPS) is 6.86. The number of rotatable bonds is 0. The number of hydrogen-bond acceptors (Lipinski definition) is 0. The molecule has 2 rings (SSSR count). The number of hydrogen-bond donors (Lipinski definition) is 0. The van der Waals surface area contributed by atoms with Gasteiger partial charge in [0.1, 0.15) is 0 Å². The molecule has 68 valence electrons. The quantitative estimate of drug-likeness (QED) is 0.458. The predicted molar refractivity (Wildman–Crippen MR) is 50.6 cm³/mol. The molecule has 14 heavy (non-hydrogen) atoms. The van der Waals surface area contributed by atoms with Crippen LogP contribution in [-0.4, -0.2) is 0 Å². The average Bonchev–Trinajstić information content (AvgIpc) is 2.24. The van der Waals surface area contributed by atoms with Crippen molar-refractivity contribution in [3.63, 3.8) is 0 Å². The van der Waals surface area contributed by atoms with Crippen molar-refractivity contribution in [1.82, 2.24) is 0 Å². The van der Waals surface area contributed by atoms with Crippen molar-refractivity contribution in [3.8, 4) is 0 Å². The molecule has 0 N–H and O–H groups in total. The van der Waals surface area contributed by atoms with Crippen LogP contribution in [0.5, 0.6) is 0 Å². The summed E-state index contributed by atoms with van der Waals surface area (Å²) in [6.45, 7) is 0. The van der Waals surface area contributed by atoms with E-state index in [0.717, 1.165) is 0 Å². The Morgan fingerprint density at radius 2 is 0.786 bits per heavy atom. The number of halogens is 1. The van der Waals surface area contributed by atoms with E-state index in [4.69, 9.17) is 0 Å². The van der Waals surface area contributed by atoms with E-state index in [1.165, 1.54) is 0 Å². The van der Waals surface area contributed by atoms with Crippen molar-refractivity contribution in [2.45, 2.75) is 0 Å². The molecule has 0 heterocycles. The molecule has 0 aliphatic rings. The van der Waals surface area contributed by atoms with Gasteiger partial charge in [0.2, 0.25) is 0 Å². The Bertz CT molecular complexity index is 186. The summed E-state index contributed by atoms with van der Waals surface area (Å²) in [6, 6.07) is 25.0. The zero-order valence-electron chi connectivity index (χ0n) is 7.86. The van der Waals surface area contributed by atoms with Gasteiger partial charge in [-0.3, -0.25) is 0 Å². The summed E-state index contributed by atoms with van der Waals surface area (Å²) in [4.78, 5) is 0. The van der Waals surface area contributed by atoms with Gasteiger partial charge >= 0.3 is 19.5 Å². The van der Waals surface area contributed by atoms with E-state index in [9.17, 15) is 0 Å². The van der Waals surface area contributed by atoms with Crippen LogP contribution in [-0.2, 0) is 19.5 Å². The zero-order valence-corrected chi connectivity index (χ0v) is 11.6. The molecule has 0 amide bonds. The summed E-state index contributed by atoms with van der Waals surface area (Å²) in [6.07, 6.45) is 0. The maximum absolute atomic E-state index is 2.89. The van der Waals surface area contributed by atoms with Gasteiger partial charge in [-0.05, 0) is 0 Å². The fourth-order valence-electron chi connectivity index (χ4n) is 0.684. The van der Waals surface area contributed by atoms with Crippen molar-refractivity contribution in [2.75, 3.05) is 0 Å². The third-order valence-electron chi connectivity index (χ3n) is 1.21. The molecule has 0 nitrogen and oxygen atoms in total. The fraction of sp³-hybridized carbons (Fsp3) is 0. The van der Waals surface area contributed by atoms with Gasteiger partial charge in [0.15, 0.2) is 0 Å². The molecule has 0 aliphatic carbocycles. The minimum Gasteiger partial charge on any atom is -1.00 e. The fourth-order valence-corrected chi connectivity index (χ4v) is 0.684. The molecule has 0 unspecified atom stereocenters. The second-order valence-electron chi connectivity index (χ2n) is 2.15. The van der Waals surface area contributed by atoms with Gasteiger partial charge in [-0.25, -0.2) is 0 Å². The van der Waals surface area contributed by atoms with Crippen LogP contribution in [0.3, 0.4) is 0 Å². The van der Waals surface area contributed by atoms with E-state index in [0.29, 0.717) is 0 Å². The van der Waals surface area contributed by atoms with Gasteiger partial charge in [-0.15, -0.1) is 0 Å². The molecular formula is C12H10ClZn-. The maximum atomic E-state index is 2.89. The maximum Gasteiger partial charge on any atom is 2.00 e. The molecule has 2 aromatic rings. The molecule has 0 atom stereocenters. The standard InChI is InChI=1S/2C6H5.ClH.Zn/c2*1-2-4-6-5-3-1;;/h2*1-5H;1H;/q2*-1;;+2/p-1. The minimum absolute atomic E-state index is 0. The monoisotopic (exact) mass is 253 g/mol. The molecule has 0 fully saturated rings. The molecule has 0 saturated carbocycles. The molecular weight excluding hydrogens is 245 g/mol. The third-order valence-corrected chi connectivity index (χ3v) is 1.21. The molecule has 0 spiro atoms. The first-order valence-electron chi connectivity index (χ1n) is 3.82. The Kier molecular flexibility index (Phi) is 13.9. The van der Waals surface area contributed by atoms with Crippen LogP contribution in [0.1, 0.15) is 0 Å². The predicted octanol–water partition coefficient (Wildman–Crippen LogP) is -0.0249. The molecule has 0 saturated heterocycles. The van der Waals surface area contributed by atoms with Gasteiger partial charge in [-0.1, -0.05) is 0 Å². The molecule has 0 aliphatic heterocycles. The van der Waals surface area contributed by atoms with Crippen molar-refractivity contribution < 1.29 is 31.9 Å². The summed E-state index contributed by atoms with van der Waals surface area (Å²) in [5.41, 5.74) is 0. The Labute approximate surface area is 105 Å². The Morgan fingerprint density at radius 3 is 0.857 bits per heavy atom. The van der Waals surface area contributed by atoms with Gasteiger partial charge < -0.3 is 12.4 Å². The SMILES string of the molecule is [Cl-].[Zn+2].[c-]1ccccc1.[c-]1ccccc1. The Balaban J connectivity index is 0. The summed E-state index contributed by atoms with van der Waals surface area (Å²) in [7, 11) is 0. The summed E-state index contributed by atoms with van der Waals surface area (Å²) >= 11 is 0. The van der Waals surface area contributed by atoms with E-state index in [1.54, 1.807) is 0 Å². The van der Waals surface area contributed by atoms with Crippen LogP contribution in [0.2, 0.25) is 0 Å². The van der Waals surface area contributed by atoms with E-state index in [2.05, 4.69) is 12.1 Å². The Hall–Kier alpha value is -0.647. The first-order chi connectivity index (χ1) is 6.00. The largest absolute Gasteiger partial charge is 2.00 e. The van der Waals surface area contributed by atoms with Crippen molar-refractivity contribution in [1.29, 1.82) is 0 Å². The van der Waals surface area contributed by atoms with Crippen LogP contribution >= 0.6 is 0 Å². The van der Waals surface area contributed by atoms with E-state index < -0.39 is 0 Å². The molecule has 0 radical (unpaired) electrons. The topological polar surface area (TPSA) is 0 Å². The smallest absolute Gasteiger partial charge is 1.00 e.